The van der Waals surface area contributed by atoms with E-state index in [2.05, 4.69) is 4.90 Å². The molecule has 20 heavy (non-hydrogen) atoms. The molecule has 0 radical (unpaired) electrons. The number of piperidine rings is 1. The first-order valence-corrected chi connectivity index (χ1v) is 7.29. The SMILES string of the molecule is CCC(=O)N1CCC(N(C)c2cc(C)cc(F)c2)CC1. The van der Waals surface area contributed by atoms with E-state index in [0.717, 1.165) is 37.2 Å². The van der Waals surface area contributed by atoms with Gasteiger partial charge in [0.15, 0.2) is 0 Å². The highest BCUT2D eigenvalue weighted by molar-refractivity contribution is 5.75. The van der Waals surface area contributed by atoms with Gasteiger partial charge in [-0.3, -0.25) is 4.79 Å². The highest BCUT2D eigenvalue weighted by Crippen LogP contribution is 2.24. The number of nitrogens with zero attached hydrogens (tertiary/aromatic N) is 2. The Bertz CT molecular complexity index is 461. The molecule has 1 aromatic carbocycles. The van der Waals surface area contributed by atoms with E-state index in [1.807, 2.05) is 31.9 Å². The Morgan fingerprint density at radius 3 is 2.55 bits per heavy atom. The summed E-state index contributed by atoms with van der Waals surface area (Å²) in [6.07, 6.45) is 2.46. The Labute approximate surface area is 120 Å². The summed E-state index contributed by atoms with van der Waals surface area (Å²) >= 11 is 0. The van der Waals surface area contributed by atoms with Gasteiger partial charge < -0.3 is 9.80 Å². The van der Waals surface area contributed by atoms with Crippen LogP contribution in [0.5, 0.6) is 0 Å². The maximum atomic E-state index is 13.5. The smallest absolute Gasteiger partial charge is 0.222 e. The van der Waals surface area contributed by atoms with Gasteiger partial charge in [-0.2, -0.15) is 0 Å². The fourth-order valence-corrected chi connectivity index (χ4v) is 2.86. The largest absolute Gasteiger partial charge is 0.371 e. The van der Waals surface area contributed by atoms with Gasteiger partial charge in [0.25, 0.3) is 0 Å². The van der Waals surface area contributed by atoms with Crippen molar-refractivity contribution in [2.45, 2.75) is 39.2 Å². The zero-order chi connectivity index (χ0) is 14.7. The first-order valence-electron chi connectivity index (χ1n) is 7.29. The molecule has 0 spiro atoms. The molecule has 3 nitrogen and oxygen atoms in total. The lowest BCUT2D eigenvalue weighted by atomic mass is 10.0. The van der Waals surface area contributed by atoms with Crippen molar-refractivity contribution >= 4 is 11.6 Å². The van der Waals surface area contributed by atoms with Crippen LogP contribution in [0.15, 0.2) is 18.2 Å². The van der Waals surface area contributed by atoms with Crippen molar-refractivity contribution in [3.05, 3.63) is 29.6 Å². The molecule has 0 unspecified atom stereocenters. The average molecular weight is 278 g/mol. The summed E-state index contributed by atoms with van der Waals surface area (Å²) in [5.41, 5.74) is 1.85. The minimum atomic E-state index is -0.189. The summed E-state index contributed by atoms with van der Waals surface area (Å²) < 4.78 is 13.5. The van der Waals surface area contributed by atoms with E-state index in [4.69, 9.17) is 0 Å². The molecule has 1 saturated heterocycles. The predicted molar refractivity (Wildman–Crippen MR) is 79.4 cm³/mol. The maximum absolute atomic E-state index is 13.5. The number of carbonyl (C=O) groups excluding carboxylic acids is 1. The third kappa shape index (κ3) is 3.30. The summed E-state index contributed by atoms with van der Waals surface area (Å²) in [7, 11) is 2.01. The normalized spacial score (nSPS) is 16.3. The quantitative estimate of drug-likeness (QED) is 0.848. The Morgan fingerprint density at radius 1 is 1.35 bits per heavy atom. The second-order valence-electron chi connectivity index (χ2n) is 5.56. The number of rotatable bonds is 3. The fourth-order valence-electron chi connectivity index (χ4n) is 2.86. The van der Waals surface area contributed by atoms with E-state index >= 15 is 0 Å². The van der Waals surface area contributed by atoms with Gasteiger partial charge in [-0.15, -0.1) is 0 Å². The van der Waals surface area contributed by atoms with E-state index in [9.17, 15) is 9.18 Å². The predicted octanol–water partition coefficient (Wildman–Crippen LogP) is 2.97. The maximum Gasteiger partial charge on any atom is 0.222 e. The van der Waals surface area contributed by atoms with E-state index in [0.29, 0.717) is 12.5 Å². The number of amides is 1. The van der Waals surface area contributed by atoms with Gasteiger partial charge in [0, 0.05) is 38.3 Å². The number of likely N-dealkylation sites (tertiary alicyclic amines) is 1. The lowest BCUT2D eigenvalue weighted by molar-refractivity contribution is -0.131. The van der Waals surface area contributed by atoms with E-state index in [1.165, 1.54) is 0 Å². The Kier molecular flexibility index (Phi) is 4.63. The van der Waals surface area contributed by atoms with Crippen LogP contribution >= 0.6 is 0 Å². The number of hydrogen-bond acceptors (Lipinski definition) is 2. The second kappa shape index (κ2) is 6.25. The number of benzene rings is 1. The first-order chi connectivity index (χ1) is 9.51. The number of aryl methyl sites for hydroxylation is 1. The third-order valence-electron chi connectivity index (χ3n) is 4.10. The molecule has 0 saturated carbocycles. The summed E-state index contributed by atoms with van der Waals surface area (Å²) in [4.78, 5) is 15.7. The van der Waals surface area contributed by atoms with Crippen LogP contribution < -0.4 is 4.90 Å². The van der Waals surface area contributed by atoms with Crippen LogP contribution in [0.4, 0.5) is 10.1 Å². The van der Waals surface area contributed by atoms with Gasteiger partial charge in [0.1, 0.15) is 5.82 Å². The zero-order valence-electron chi connectivity index (χ0n) is 12.5. The summed E-state index contributed by atoms with van der Waals surface area (Å²) in [5, 5.41) is 0. The van der Waals surface area contributed by atoms with Gasteiger partial charge in [0.2, 0.25) is 5.91 Å². The number of halogens is 1. The Balaban J connectivity index is 2.01. The van der Waals surface area contributed by atoms with Crippen molar-refractivity contribution < 1.29 is 9.18 Å². The van der Waals surface area contributed by atoms with Crippen LogP contribution in [0.3, 0.4) is 0 Å². The minimum absolute atomic E-state index is 0.189. The molecule has 110 valence electrons. The van der Waals surface area contributed by atoms with Crippen LogP contribution in [0.1, 0.15) is 31.7 Å². The van der Waals surface area contributed by atoms with Crippen LogP contribution in [-0.2, 0) is 4.79 Å². The molecule has 1 aliphatic rings. The lowest BCUT2D eigenvalue weighted by Gasteiger charge is -2.38. The summed E-state index contributed by atoms with van der Waals surface area (Å²) in [6, 6.07) is 5.50. The molecule has 0 bridgehead atoms. The van der Waals surface area contributed by atoms with E-state index in [-0.39, 0.29) is 11.7 Å². The van der Waals surface area contributed by atoms with Crippen molar-refractivity contribution in [1.29, 1.82) is 0 Å². The highest BCUT2D eigenvalue weighted by atomic mass is 19.1. The number of carbonyl (C=O) groups is 1. The van der Waals surface area contributed by atoms with E-state index in [1.54, 1.807) is 12.1 Å². The average Bonchev–Trinajstić information content (AvgIpc) is 2.45. The van der Waals surface area contributed by atoms with Crippen LogP contribution in [-0.4, -0.2) is 37.0 Å². The summed E-state index contributed by atoms with van der Waals surface area (Å²) in [6.45, 7) is 5.41. The minimum Gasteiger partial charge on any atom is -0.371 e. The lowest BCUT2D eigenvalue weighted by Crippen LogP contribution is -2.45. The molecular formula is C16H23FN2O. The molecule has 0 atom stereocenters. The summed E-state index contributed by atoms with van der Waals surface area (Å²) in [5.74, 6) is 0.0400. The topological polar surface area (TPSA) is 23.6 Å². The molecule has 1 aromatic rings. The Hall–Kier alpha value is -1.58. The molecule has 1 amide bonds. The van der Waals surface area contributed by atoms with Gasteiger partial charge in [0.05, 0.1) is 0 Å². The van der Waals surface area contributed by atoms with Crippen LogP contribution in [0.2, 0.25) is 0 Å². The monoisotopic (exact) mass is 278 g/mol. The van der Waals surface area contributed by atoms with Gasteiger partial charge in [-0.1, -0.05) is 6.92 Å². The van der Waals surface area contributed by atoms with Gasteiger partial charge in [-0.25, -0.2) is 4.39 Å². The molecule has 0 aliphatic carbocycles. The second-order valence-corrected chi connectivity index (χ2v) is 5.56. The van der Waals surface area contributed by atoms with Gasteiger partial charge in [-0.05, 0) is 43.5 Å². The number of anilines is 1. The molecule has 4 heteroatoms. The van der Waals surface area contributed by atoms with Gasteiger partial charge >= 0.3 is 0 Å². The Morgan fingerprint density at radius 2 is 2.00 bits per heavy atom. The van der Waals surface area contributed by atoms with Crippen molar-refractivity contribution in [2.75, 3.05) is 25.0 Å². The molecule has 2 rings (SSSR count). The van der Waals surface area contributed by atoms with Crippen LogP contribution in [0.25, 0.3) is 0 Å². The first kappa shape index (κ1) is 14.8. The van der Waals surface area contributed by atoms with Crippen molar-refractivity contribution in [3.63, 3.8) is 0 Å². The molecule has 0 N–H and O–H groups in total. The van der Waals surface area contributed by atoms with Crippen molar-refractivity contribution in [1.82, 2.24) is 4.90 Å². The molecule has 1 fully saturated rings. The van der Waals surface area contributed by atoms with Crippen molar-refractivity contribution in [2.24, 2.45) is 0 Å². The number of hydrogen-bond donors (Lipinski definition) is 0. The molecule has 0 aromatic heterocycles. The molecule has 1 heterocycles. The fraction of sp³-hybridized carbons (Fsp3) is 0.562. The van der Waals surface area contributed by atoms with E-state index < -0.39 is 0 Å². The van der Waals surface area contributed by atoms with Crippen LogP contribution in [0, 0.1) is 12.7 Å². The third-order valence-corrected chi connectivity index (χ3v) is 4.10. The molecule has 1 aliphatic heterocycles. The van der Waals surface area contributed by atoms with Crippen molar-refractivity contribution in [3.8, 4) is 0 Å². The standard InChI is InChI=1S/C16H23FN2O/c1-4-16(20)19-7-5-14(6-8-19)18(3)15-10-12(2)9-13(17)11-15/h9-11,14H,4-8H2,1-3H3. The highest BCUT2D eigenvalue weighted by Gasteiger charge is 2.24. The molecular weight excluding hydrogens is 255 g/mol. The zero-order valence-corrected chi connectivity index (χ0v) is 12.5.